The van der Waals surface area contributed by atoms with Gasteiger partial charge >= 0.3 is 0 Å². The summed E-state index contributed by atoms with van der Waals surface area (Å²) in [6, 6.07) is 13.7. The second-order valence-electron chi connectivity index (χ2n) is 6.47. The van der Waals surface area contributed by atoms with E-state index >= 15 is 0 Å². The fourth-order valence-corrected chi connectivity index (χ4v) is 3.34. The second-order valence-corrected chi connectivity index (χ2v) is 6.47. The standard InChI is InChI=1S/C20H21N5O/c1-3-17-19(15-8-5-4-6-9-15)20-22-16(13-18(26)25(20)23-17)12-14(2)24-11-7-10-21-24/h4-11,13-14,23H,3,12H2,1-2H3. The van der Waals surface area contributed by atoms with Crippen molar-refractivity contribution in [2.75, 3.05) is 0 Å². The van der Waals surface area contributed by atoms with E-state index in [2.05, 4.69) is 24.0 Å². The van der Waals surface area contributed by atoms with E-state index in [-0.39, 0.29) is 11.6 Å². The monoisotopic (exact) mass is 347 g/mol. The van der Waals surface area contributed by atoms with Gasteiger partial charge in [0.2, 0.25) is 0 Å². The van der Waals surface area contributed by atoms with Gasteiger partial charge in [0.15, 0.2) is 5.65 Å². The molecule has 0 aliphatic carbocycles. The summed E-state index contributed by atoms with van der Waals surface area (Å²) in [7, 11) is 0. The van der Waals surface area contributed by atoms with Crippen molar-refractivity contribution in [3.63, 3.8) is 0 Å². The number of benzene rings is 1. The van der Waals surface area contributed by atoms with Crippen molar-refractivity contribution in [2.24, 2.45) is 0 Å². The maximum atomic E-state index is 12.6. The fraction of sp³-hybridized carbons (Fsp3) is 0.250. The molecule has 4 aromatic rings. The van der Waals surface area contributed by atoms with Gasteiger partial charge < -0.3 is 0 Å². The first-order valence-electron chi connectivity index (χ1n) is 8.85. The van der Waals surface area contributed by atoms with Crippen LogP contribution in [0.25, 0.3) is 16.8 Å². The summed E-state index contributed by atoms with van der Waals surface area (Å²) in [5.74, 6) is 0. The summed E-state index contributed by atoms with van der Waals surface area (Å²) >= 11 is 0. The lowest BCUT2D eigenvalue weighted by molar-refractivity contribution is 0.484. The van der Waals surface area contributed by atoms with Crippen molar-refractivity contribution in [1.29, 1.82) is 0 Å². The molecule has 3 heterocycles. The molecule has 132 valence electrons. The number of hydrogen-bond acceptors (Lipinski definition) is 3. The highest BCUT2D eigenvalue weighted by Crippen LogP contribution is 2.27. The first kappa shape index (κ1) is 16.3. The Morgan fingerprint density at radius 2 is 2.00 bits per heavy atom. The molecule has 0 amide bonds. The molecule has 26 heavy (non-hydrogen) atoms. The van der Waals surface area contributed by atoms with Crippen LogP contribution in [0, 0.1) is 0 Å². The lowest BCUT2D eigenvalue weighted by atomic mass is 10.0. The summed E-state index contributed by atoms with van der Waals surface area (Å²) in [6.45, 7) is 4.14. The molecule has 0 aliphatic rings. The van der Waals surface area contributed by atoms with Crippen molar-refractivity contribution >= 4 is 5.65 Å². The van der Waals surface area contributed by atoms with Crippen LogP contribution in [-0.2, 0) is 12.8 Å². The van der Waals surface area contributed by atoms with Gasteiger partial charge in [0.25, 0.3) is 5.56 Å². The Morgan fingerprint density at radius 1 is 1.19 bits per heavy atom. The Bertz CT molecular complexity index is 1080. The van der Waals surface area contributed by atoms with E-state index in [9.17, 15) is 4.79 Å². The molecule has 0 saturated heterocycles. The summed E-state index contributed by atoms with van der Waals surface area (Å²) in [5.41, 5.74) is 4.44. The summed E-state index contributed by atoms with van der Waals surface area (Å²) < 4.78 is 3.43. The Balaban J connectivity index is 1.84. The molecule has 0 radical (unpaired) electrons. The van der Waals surface area contributed by atoms with Crippen LogP contribution in [0.15, 0.2) is 59.7 Å². The molecule has 0 aliphatic heterocycles. The molecule has 6 heteroatoms. The van der Waals surface area contributed by atoms with Crippen LogP contribution in [0.5, 0.6) is 0 Å². The Labute approximate surface area is 151 Å². The van der Waals surface area contributed by atoms with Gasteiger partial charge in [0, 0.05) is 36.1 Å². The number of aryl methyl sites for hydroxylation is 1. The third kappa shape index (κ3) is 2.83. The maximum absolute atomic E-state index is 12.6. The molecule has 0 fully saturated rings. The van der Waals surface area contributed by atoms with Crippen molar-refractivity contribution < 1.29 is 0 Å². The van der Waals surface area contributed by atoms with E-state index in [1.807, 2.05) is 47.3 Å². The van der Waals surface area contributed by atoms with Crippen molar-refractivity contribution in [3.05, 3.63) is 76.6 Å². The number of aromatic amines is 1. The highest BCUT2D eigenvalue weighted by molar-refractivity contribution is 5.79. The predicted octanol–water partition coefficient (Wildman–Crippen LogP) is 3.25. The second kappa shape index (κ2) is 6.63. The Morgan fingerprint density at radius 3 is 2.69 bits per heavy atom. The fourth-order valence-electron chi connectivity index (χ4n) is 3.34. The summed E-state index contributed by atoms with van der Waals surface area (Å²) in [6.07, 6.45) is 5.13. The van der Waals surface area contributed by atoms with Crippen LogP contribution in [0.2, 0.25) is 0 Å². The average Bonchev–Trinajstić information content (AvgIpc) is 3.30. The maximum Gasteiger partial charge on any atom is 0.272 e. The van der Waals surface area contributed by atoms with Crippen molar-refractivity contribution in [2.45, 2.75) is 32.7 Å². The number of fused-ring (bicyclic) bond motifs is 1. The molecule has 1 unspecified atom stereocenters. The van der Waals surface area contributed by atoms with Gasteiger partial charge in [0.05, 0.1) is 11.7 Å². The molecular weight excluding hydrogens is 326 g/mol. The van der Waals surface area contributed by atoms with Crippen molar-refractivity contribution in [3.8, 4) is 11.1 Å². The number of hydrogen-bond donors (Lipinski definition) is 1. The predicted molar refractivity (Wildman–Crippen MR) is 101 cm³/mol. The van der Waals surface area contributed by atoms with Gasteiger partial charge in [-0.25, -0.2) is 9.50 Å². The van der Waals surface area contributed by atoms with Crippen LogP contribution < -0.4 is 5.56 Å². The normalized spacial score (nSPS) is 12.5. The first-order chi connectivity index (χ1) is 12.7. The van der Waals surface area contributed by atoms with Crippen LogP contribution in [0.3, 0.4) is 0 Å². The third-order valence-corrected chi connectivity index (χ3v) is 4.64. The third-order valence-electron chi connectivity index (χ3n) is 4.64. The number of H-pyrrole nitrogens is 1. The van der Waals surface area contributed by atoms with Gasteiger partial charge in [-0.1, -0.05) is 37.3 Å². The highest BCUT2D eigenvalue weighted by atomic mass is 16.1. The molecule has 0 bridgehead atoms. The molecule has 1 aromatic carbocycles. The van der Waals surface area contributed by atoms with E-state index in [1.54, 1.807) is 16.8 Å². The first-order valence-corrected chi connectivity index (χ1v) is 8.85. The smallest absolute Gasteiger partial charge is 0.272 e. The van der Waals surface area contributed by atoms with Gasteiger partial charge in [-0.05, 0) is 25.0 Å². The van der Waals surface area contributed by atoms with E-state index < -0.39 is 0 Å². The molecule has 3 aromatic heterocycles. The zero-order chi connectivity index (χ0) is 18.1. The van der Waals surface area contributed by atoms with Crippen LogP contribution in [0.1, 0.15) is 31.3 Å². The molecule has 1 N–H and O–H groups in total. The molecular formula is C20H21N5O. The average molecular weight is 347 g/mol. The quantitative estimate of drug-likeness (QED) is 0.602. The zero-order valence-electron chi connectivity index (χ0n) is 14.9. The number of nitrogens with one attached hydrogen (secondary N) is 1. The van der Waals surface area contributed by atoms with Crippen LogP contribution >= 0.6 is 0 Å². The van der Waals surface area contributed by atoms with E-state index in [4.69, 9.17) is 4.98 Å². The van der Waals surface area contributed by atoms with Crippen molar-refractivity contribution in [1.82, 2.24) is 24.4 Å². The minimum atomic E-state index is -0.0884. The molecule has 4 rings (SSSR count). The largest absolute Gasteiger partial charge is 0.293 e. The van der Waals surface area contributed by atoms with Gasteiger partial charge in [-0.2, -0.15) is 5.10 Å². The number of nitrogens with zero attached hydrogens (tertiary/aromatic N) is 4. The number of aromatic nitrogens is 5. The van der Waals surface area contributed by atoms with Gasteiger partial charge in [-0.15, -0.1) is 0 Å². The van der Waals surface area contributed by atoms with E-state index in [0.29, 0.717) is 12.1 Å². The van der Waals surface area contributed by atoms with Gasteiger partial charge in [0.1, 0.15) is 0 Å². The van der Waals surface area contributed by atoms with Gasteiger partial charge in [-0.3, -0.25) is 14.6 Å². The molecule has 6 nitrogen and oxygen atoms in total. The lowest BCUT2D eigenvalue weighted by Gasteiger charge is -2.11. The molecule has 0 spiro atoms. The molecule has 0 saturated carbocycles. The summed E-state index contributed by atoms with van der Waals surface area (Å²) in [4.78, 5) is 17.5. The van der Waals surface area contributed by atoms with E-state index in [0.717, 1.165) is 28.9 Å². The zero-order valence-corrected chi connectivity index (χ0v) is 14.9. The minimum Gasteiger partial charge on any atom is -0.293 e. The number of rotatable bonds is 5. The SMILES string of the molecule is CCc1[nH]n2c(=O)cc(CC(C)n3cccn3)nc2c1-c1ccccc1. The van der Waals surface area contributed by atoms with E-state index in [1.165, 1.54) is 0 Å². The molecule has 1 atom stereocenters. The Hall–Kier alpha value is -3.15. The topological polar surface area (TPSA) is 68.0 Å². The van der Waals surface area contributed by atoms with Crippen LogP contribution in [0.4, 0.5) is 0 Å². The Kier molecular flexibility index (Phi) is 4.16. The minimum absolute atomic E-state index is 0.0884. The highest BCUT2D eigenvalue weighted by Gasteiger charge is 2.17. The summed E-state index contributed by atoms with van der Waals surface area (Å²) in [5, 5.41) is 7.49. The lowest BCUT2D eigenvalue weighted by Crippen LogP contribution is -2.18. The van der Waals surface area contributed by atoms with Crippen LogP contribution in [-0.4, -0.2) is 24.4 Å².